The Morgan fingerprint density at radius 2 is 2.00 bits per heavy atom. The average molecular weight is 152 g/mol. The average Bonchev–Trinajstić information content (AvgIpc) is 2.76. The van der Waals surface area contributed by atoms with Crippen LogP contribution >= 0.6 is 0 Å². The highest BCUT2D eigenvalue weighted by Crippen LogP contribution is 2.51. The first-order valence-corrected chi connectivity index (χ1v) is 5.20. The molecule has 0 aromatic carbocycles. The van der Waals surface area contributed by atoms with Gasteiger partial charge in [0.05, 0.1) is 0 Å². The van der Waals surface area contributed by atoms with Crippen LogP contribution in [0.5, 0.6) is 0 Å². The molecule has 1 unspecified atom stereocenters. The molecule has 2 rings (SSSR count). The molecule has 0 heteroatoms. The van der Waals surface area contributed by atoms with E-state index in [0.717, 1.165) is 17.3 Å². The molecule has 0 aliphatic heterocycles. The molecule has 11 heavy (non-hydrogen) atoms. The Kier molecular flexibility index (Phi) is 1.74. The van der Waals surface area contributed by atoms with Gasteiger partial charge in [-0.2, -0.15) is 0 Å². The Morgan fingerprint density at radius 1 is 1.36 bits per heavy atom. The van der Waals surface area contributed by atoms with E-state index in [2.05, 4.69) is 13.8 Å². The first kappa shape index (κ1) is 7.64. The van der Waals surface area contributed by atoms with E-state index in [9.17, 15) is 0 Å². The standard InChI is InChI=1S/C11H20/c1-9(10-3-4-10)5-6-11(2)7-8-11/h9-10H,3-8H2,1-2H3. The second kappa shape index (κ2) is 2.50. The summed E-state index contributed by atoms with van der Waals surface area (Å²) in [4.78, 5) is 0. The summed E-state index contributed by atoms with van der Waals surface area (Å²) in [6.45, 7) is 4.90. The molecule has 0 saturated heterocycles. The monoisotopic (exact) mass is 152 g/mol. The highest BCUT2D eigenvalue weighted by atomic mass is 14.4. The number of hydrogen-bond acceptors (Lipinski definition) is 0. The van der Waals surface area contributed by atoms with Crippen LogP contribution in [0.3, 0.4) is 0 Å². The Balaban J connectivity index is 1.65. The molecule has 0 aromatic heterocycles. The lowest BCUT2D eigenvalue weighted by Crippen LogP contribution is -2.01. The van der Waals surface area contributed by atoms with E-state index in [1.807, 2.05) is 0 Å². The fourth-order valence-electron chi connectivity index (χ4n) is 1.94. The highest BCUT2D eigenvalue weighted by Gasteiger charge is 2.38. The lowest BCUT2D eigenvalue weighted by molar-refractivity contribution is 0.387. The van der Waals surface area contributed by atoms with Crippen molar-refractivity contribution in [2.75, 3.05) is 0 Å². The predicted octanol–water partition coefficient (Wildman–Crippen LogP) is 3.61. The first-order valence-electron chi connectivity index (χ1n) is 5.20. The first-order chi connectivity index (χ1) is 5.20. The van der Waals surface area contributed by atoms with E-state index in [-0.39, 0.29) is 0 Å². The van der Waals surface area contributed by atoms with Gasteiger partial charge >= 0.3 is 0 Å². The minimum atomic E-state index is 0.795. The largest absolute Gasteiger partial charge is 0.0622 e. The van der Waals surface area contributed by atoms with Gasteiger partial charge in [0, 0.05) is 0 Å². The quantitative estimate of drug-likeness (QED) is 0.577. The molecule has 0 spiro atoms. The molecule has 0 N–H and O–H groups in total. The molecule has 0 heterocycles. The maximum Gasteiger partial charge on any atom is -0.0325 e. The Hall–Kier alpha value is 0. The van der Waals surface area contributed by atoms with E-state index >= 15 is 0 Å². The summed E-state index contributed by atoms with van der Waals surface area (Å²) in [5.74, 6) is 2.16. The summed E-state index contributed by atoms with van der Waals surface area (Å²) >= 11 is 0. The highest BCUT2D eigenvalue weighted by molar-refractivity contribution is 4.89. The Morgan fingerprint density at radius 3 is 2.45 bits per heavy atom. The topological polar surface area (TPSA) is 0 Å². The molecule has 0 nitrogen and oxygen atoms in total. The van der Waals surface area contributed by atoms with Crippen LogP contribution in [0.25, 0.3) is 0 Å². The zero-order valence-electron chi connectivity index (χ0n) is 7.90. The molecular weight excluding hydrogens is 132 g/mol. The van der Waals surface area contributed by atoms with E-state index in [0.29, 0.717) is 0 Å². The van der Waals surface area contributed by atoms with E-state index in [4.69, 9.17) is 0 Å². The Labute approximate surface area is 70.4 Å². The number of hydrogen-bond donors (Lipinski definition) is 0. The van der Waals surface area contributed by atoms with Crippen LogP contribution < -0.4 is 0 Å². The summed E-state index contributed by atoms with van der Waals surface area (Å²) < 4.78 is 0. The summed E-state index contributed by atoms with van der Waals surface area (Å²) in [7, 11) is 0. The van der Waals surface area contributed by atoms with Gasteiger partial charge in [-0.3, -0.25) is 0 Å². The van der Waals surface area contributed by atoms with Gasteiger partial charge in [0.2, 0.25) is 0 Å². The van der Waals surface area contributed by atoms with Crippen LogP contribution in [-0.4, -0.2) is 0 Å². The van der Waals surface area contributed by atoms with Crippen LogP contribution in [0.4, 0.5) is 0 Å². The molecule has 64 valence electrons. The lowest BCUT2D eigenvalue weighted by Gasteiger charge is -2.12. The molecule has 2 aliphatic carbocycles. The third kappa shape index (κ3) is 1.98. The molecular formula is C11H20. The summed E-state index contributed by atoms with van der Waals surface area (Å²) in [6, 6.07) is 0. The van der Waals surface area contributed by atoms with Crippen molar-refractivity contribution in [3.05, 3.63) is 0 Å². The third-order valence-electron chi connectivity index (χ3n) is 3.73. The van der Waals surface area contributed by atoms with Gasteiger partial charge in [-0.05, 0) is 55.8 Å². The SMILES string of the molecule is CC(CCC1(C)CC1)C1CC1. The zero-order chi connectivity index (χ0) is 7.90. The molecule has 2 fully saturated rings. The van der Waals surface area contributed by atoms with Crippen LogP contribution in [-0.2, 0) is 0 Å². The lowest BCUT2D eigenvalue weighted by atomic mass is 9.93. The minimum Gasteiger partial charge on any atom is -0.0622 e. The van der Waals surface area contributed by atoms with Crippen molar-refractivity contribution in [1.29, 1.82) is 0 Å². The normalized spacial score (nSPS) is 30.0. The molecule has 0 amide bonds. The molecule has 2 aliphatic rings. The van der Waals surface area contributed by atoms with Gasteiger partial charge in [0.25, 0.3) is 0 Å². The molecule has 0 radical (unpaired) electrons. The second-order valence-corrected chi connectivity index (χ2v) is 5.16. The van der Waals surface area contributed by atoms with Crippen molar-refractivity contribution in [3.63, 3.8) is 0 Å². The van der Waals surface area contributed by atoms with Crippen molar-refractivity contribution in [3.8, 4) is 0 Å². The van der Waals surface area contributed by atoms with Gasteiger partial charge < -0.3 is 0 Å². The van der Waals surface area contributed by atoms with Crippen molar-refractivity contribution < 1.29 is 0 Å². The van der Waals surface area contributed by atoms with Crippen LogP contribution in [0.15, 0.2) is 0 Å². The van der Waals surface area contributed by atoms with Gasteiger partial charge in [-0.1, -0.05) is 13.8 Å². The van der Waals surface area contributed by atoms with Gasteiger partial charge in [0.15, 0.2) is 0 Å². The van der Waals surface area contributed by atoms with Crippen molar-refractivity contribution in [1.82, 2.24) is 0 Å². The van der Waals surface area contributed by atoms with Gasteiger partial charge in [0.1, 0.15) is 0 Å². The maximum absolute atomic E-state index is 2.45. The van der Waals surface area contributed by atoms with Gasteiger partial charge in [-0.15, -0.1) is 0 Å². The zero-order valence-corrected chi connectivity index (χ0v) is 7.90. The summed E-state index contributed by atoms with van der Waals surface area (Å²) in [6.07, 6.45) is 9.07. The van der Waals surface area contributed by atoms with Crippen molar-refractivity contribution in [2.45, 2.75) is 52.4 Å². The van der Waals surface area contributed by atoms with Gasteiger partial charge in [-0.25, -0.2) is 0 Å². The fraction of sp³-hybridized carbons (Fsp3) is 1.00. The molecule has 0 aromatic rings. The fourth-order valence-corrected chi connectivity index (χ4v) is 1.94. The van der Waals surface area contributed by atoms with Crippen LogP contribution in [0.1, 0.15) is 52.4 Å². The van der Waals surface area contributed by atoms with E-state index in [1.165, 1.54) is 38.5 Å². The predicted molar refractivity (Wildman–Crippen MR) is 48.5 cm³/mol. The Bertz CT molecular complexity index is 140. The second-order valence-electron chi connectivity index (χ2n) is 5.16. The van der Waals surface area contributed by atoms with E-state index < -0.39 is 0 Å². The summed E-state index contributed by atoms with van der Waals surface area (Å²) in [5.41, 5.74) is 0.795. The smallest absolute Gasteiger partial charge is 0.0325 e. The maximum atomic E-state index is 2.45. The summed E-state index contributed by atoms with van der Waals surface area (Å²) in [5, 5.41) is 0. The number of rotatable bonds is 4. The van der Waals surface area contributed by atoms with Crippen LogP contribution in [0.2, 0.25) is 0 Å². The van der Waals surface area contributed by atoms with Crippen molar-refractivity contribution >= 4 is 0 Å². The van der Waals surface area contributed by atoms with E-state index in [1.54, 1.807) is 0 Å². The minimum absolute atomic E-state index is 0.795. The van der Waals surface area contributed by atoms with Crippen molar-refractivity contribution in [2.24, 2.45) is 17.3 Å². The molecule has 1 atom stereocenters. The molecule has 0 bridgehead atoms. The molecule has 2 saturated carbocycles. The third-order valence-corrected chi connectivity index (χ3v) is 3.73. The van der Waals surface area contributed by atoms with Crippen LogP contribution in [0, 0.1) is 17.3 Å².